The van der Waals surface area contributed by atoms with Crippen molar-refractivity contribution in [3.05, 3.63) is 74.4 Å². The van der Waals surface area contributed by atoms with Crippen molar-refractivity contribution in [1.29, 1.82) is 0 Å². The van der Waals surface area contributed by atoms with Crippen LogP contribution in [0.25, 0.3) is 11.4 Å². The standard InChI is InChI=1S/C15H9FN4O6/c16-10-3-6-12(20(23)24)13(7-10)25-8-14-17-15(18-26-14)9-1-4-11(5-2-9)19(21)22/h1-7H,8H2. The molecule has 26 heavy (non-hydrogen) atoms. The lowest BCUT2D eigenvalue weighted by Gasteiger charge is -2.03. The summed E-state index contributed by atoms with van der Waals surface area (Å²) < 4.78 is 23.4. The lowest BCUT2D eigenvalue weighted by atomic mass is 10.2. The molecule has 10 nitrogen and oxygen atoms in total. The fourth-order valence-electron chi connectivity index (χ4n) is 2.06. The summed E-state index contributed by atoms with van der Waals surface area (Å²) in [5, 5.41) is 25.3. The monoisotopic (exact) mass is 360 g/mol. The van der Waals surface area contributed by atoms with Gasteiger partial charge < -0.3 is 9.26 Å². The van der Waals surface area contributed by atoms with E-state index < -0.39 is 21.4 Å². The van der Waals surface area contributed by atoms with E-state index in [-0.39, 0.29) is 29.8 Å². The molecule has 2 aromatic carbocycles. The molecule has 3 rings (SSSR count). The van der Waals surface area contributed by atoms with Gasteiger partial charge in [-0.2, -0.15) is 4.98 Å². The van der Waals surface area contributed by atoms with E-state index in [1.54, 1.807) is 0 Å². The van der Waals surface area contributed by atoms with Crippen LogP contribution < -0.4 is 4.74 Å². The van der Waals surface area contributed by atoms with Crippen molar-refractivity contribution < 1.29 is 23.5 Å². The average molecular weight is 360 g/mol. The molecular formula is C15H9FN4O6. The maximum Gasteiger partial charge on any atom is 0.311 e. The molecule has 1 heterocycles. The van der Waals surface area contributed by atoms with Gasteiger partial charge in [-0.1, -0.05) is 5.16 Å². The van der Waals surface area contributed by atoms with Crippen LogP contribution in [0.2, 0.25) is 0 Å². The first-order valence-electron chi connectivity index (χ1n) is 7.08. The molecule has 11 heteroatoms. The summed E-state index contributed by atoms with van der Waals surface area (Å²) in [6, 6.07) is 8.29. The number of hydrogen-bond donors (Lipinski definition) is 0. The first kappa shape index (κ1) is 17.0. The molecule has 0 fully saturated rings. The highest BCUT2D eigenvalue weighted by Crippen LogP contribution is 2.28. The number of nitro benzene ring substituents is 2. The predicted octanol–water partition coefficient (Wildman–Crippen LogP) is 3.27. The minimum Gasteiger partial charge on any atom is -0.477 e. The van der Waals surface area contributed by atoms with Crippen LogP contribution in [-0.4, -0.2) is 20.0 Å². The fourth-order valence-corrected chi connectivity index (χ4v) is 2.06. The van der Waals surface area contributed by atoms with Crippen molar-refractivity contribution in [2.24, 2.45) is 0 Å². The van der Waals surface area contributed by atoms with Gasteiger partial charge in [0.1, 0.15) is 5.82 Å². The second kappa shape index (κ2) is 6.93. The van der Waals surface area contributed by atoms with E-state index in [9.17, 15) is 24.6 Å². The highest BCUT2D eigenvalue weighted by atomic mass is 19.1. The molecule has 0 unspecified atom stereocenters. The lowest BCUT2D eigenvalue weighted by Crippen LogP contribution is -2.00. The van der Waals surface area contributed by atoms with Crippen molar-refractivity contribution in [3.63, 3.8) is 0 Å². The molecule has 0 saturated carbocycles. The second-order valence-corrected chi connectivity index (χ2v) is 4.97. The van der Waals surface area contributed by atoms with Gasteiger partial charge in [0.05, 0.1) is 9.85 Å². The summed E-state index contributed by atoms with van der Waals surface area (Å²) in [6.45, 7) is -0.315. The van der Waals surface area contributed by atoms with Gasteiger partial charge in [-0.3, -0.25) is 20.2 Å². The van der Waals surface area contributed by atoms with Crippen LogP contribution in [0.1, 0.15) is 5.89 Å². The Hall–Kier alpha value is -3.89. The number of halogens is 1. The van der Waals surface area contributed by atoms with Crippen LogP contribution in [0.5, 0.6) is 5.75 Å². The molecule has 0 radical (unpaired) electrons. The third-order valence-electron chi connectivity index (χ3n) is 3.27. The Bertz CT molecular complexity index is 973. The summed E-state index contributed by atoms with van der Waals surface area (Å²) in [4.78, 5) is 24.3. The number of benzene rings is 2. The molecule has 0 spiro atoms. The SMILES string of the molecule is O=[N+]([O-])c1ccc(-c2noc(COc3cc(F)ccc3[N+](=O)[O-])n2)cc1. The maximum absolute atomic E-state index is 13.2. The average Bonchev–Trinajstić information content (AvgIpc) is 3.09. The molecule has 3 aromatic rings. The number of ether oxygens (including phenoxy) is 1. The maximum atomic E-state index is 13.2. The molecule has 0 aliphatic carbocycles. The predicted molar refractivity (Wildman–Crippen MR) is 83.8 cm³/mol. The third-order valence-corrected chi connectivity index (χ3v) is 3.27. The van der Waals surface area contributed by atoms with E-state index in [0.29, 0.717) is 5.56 Å². The minimum atomic E-state index is -0.703. The Morgan fingerprint density at radius 3 is 2.46 bits per heavy atom. The van der Waals surface area contributed by atoms with Crippen LogP contribution in [-0.2, 0) is 6.61 Å². The van der Waals surface area contributed by atoms with Crippen molar-refractivity contribution >= 4 is 11.4 Å². The number of hydrogen-bond acceptors (Lipinski definition) is 8. The first-order valence-corrected chi connectivity index (χ1v) is 7.08. The van der Waals surface area contributed by atoms with Crippen LogP contribution in [0.4, 0.5) is 15.8 Å². The largest absolute Gasteiger partial charge is 0.477 e. The third kappa shape index (κ3) is 3.61. The zero-order chi connectivity index (χ0) is 18.7. The summed E-state index contributed by atoms with van der Waals surface area (Å²) in [5.74, 6) is -0.808. The van der Waals surface area contributed by atoms with Crippen molar-refractivity contribution in [3.8, 4) is 17.1 Å². The topological polar surface area (TPSA) is 134 Å². The number of non-ortho nitro benzene ring substituents is 1. The number of rotatable bonds is 6. The highest BCUT2D eigenvalue weighted by molar-refractivity contribution is 5.56. The van der Waals surface area contributed by atoms with Crippen LogP contribution in [0, 0.1) is 26.0 Å². The molecule has 1 aromatic heterocycles. The van der Waals surface area contributed by atoms with Gasteiger partial charge in [0.25, 0.3) is 11.6 Å². The van der Waals surface area contributed by atoms with Crippen molar-refractivity contribution in [2.45, 2.75) is 6.61 Å². The molecule has 0 atom stereocenters. The van der Waals surface area contributed by atoms with Crippen molar-refractivity contribution in [1.82, 2.24) is 10.1 Å². The molecule has 0 aliphatic heterocycles. The van der Waals surface area contributed by atoms with E-state index >= 15 is 0 Å². The first-order chi connectivity index (χ1) is 12.4. The van der Waals surface area contributed by atoms with E-state index in [1.165, 1.54) is 24.3 Å². The second-order valence-electron chi connectivity index (χ2n) is 4.97. The summed E-state index contributed by atoms with van der Waals surface area (Å²) >= 11 is 0. The van der Waals surface area contributed by atoms with Gasteiger partial charge in [-0.25, -0.2) is 4.39 Å². The van der Waals surface area contributed by atoms with Crippen molar-refractivity contribution in [2.75, 3.05) is 0 Å². The Balaban J connectivity index is 1.74. The minimum absolute atomic E-state index is 0.00286. The van der Waals surface area contributed by atoms with Gasteiger partial charge in [-0.05, 0) is 18.2 Å². The Kier molecular flexibility index (Phi) is 4.51. The van der Waals surface area contributed by atoms with Gasteiger partial charge in [0.2, 0.25) is 11.6 Å². The van der Waals surface area contributed by atoms with Gasteiger partial charge >= 0.3 is 5.69 Å². The van der Waals surface area contributed by atoms with Crippen LogP contribution in [0.15, 0.2) is 47.0 Å². The molecular weight excluding hydrogens is 351 g/mol. The molecule has 132 valence electrons. The van der Waals surface area contributed by atoms with Gasteiger partial charge in [0.15, 0.2) is 6.61 Å². The highest BCUT2D eigenvalue weighted by Gasteiger charge is 2.18. The Morgan fingerprint density at radius 2 is 1.81 bits per heavy atom. The summed E-state index contributed by atoms with van der Waals surface area (Å²) in [6.07, 6.45) is 0. The number of nitrogens with zero attached hydrogens (tertiary/aromatic N) is 4. The molecule has 0 bridgehead atoms. The summed E-state index contributed by atoms with van der Waals surface area (Å²) in [7, 11) is 0. The van der Waals surface area contributed by atoms with E-state index in [2.05, 4.69) is 10.1 Å². The smallest absolute Gasteiger partial charge is 0.311 e. The fraction of sp³-hybridized carbons (Fsp3) is 0.0667. The normalized spacial score (nSPS) is 10.5. The Labute approximate surface area is 144 Å². The van der Waals surface area contributed by atoms with Crippen LogP contribution in [0.3, 0.4) is 0 Å². The molecule has 0 aliphatic rings. The van der Waals surface area contributed by atoms with Crippen LogP contribution >= 0.6 is 0 Å². The quantitative estimate of drug-likeness (QED) is 0.483. The molecule has 0 saturated heterocycles. The van der Waals surface area contributed by atoms with Gasteiger partial charge in [0, 0.05) is 29.8 Å². The van der Waals surface area contributed by atoms with E-state index in [1.807, 2.05) is 0 Å². The molecule has 0 N–H and O–H groups in total. The zero-order valence-electron chi connectivity index (χ0n) is 12.9. The Morgan fingerprint density at radius 1 is 1.08 bits per heavy atom. The zero-order valence-corrected chi connectivity index (χ0v) is 12.9. The van der Waals surface area contributed by atoms with E-state index in [0.717, 1.165) is 18.2 Å². The summed E-state index contributed by atoms with van der Waals surface area (Å²) in [5.41, 5.74) is -0.0111. The molecule has 0 amide bonds. The van der Waals surface area contributed by atoms with E-state index in [4.69, 9.17) is 9.26 Å². The van der Waals surface area contributed by atoms with Gasteiger partial charge in [-0.15, -0.1) is 0 Å². The number of nitro groups is 2. The lowest BCUT2D eigenvalue weighted by molar-refractivity contribution is -0.386. The number of aromatic nitrogens is 2.